The molecule has 0 saturated carbocycles. The highest BCUT2D eigenvalue weighted by Crippen LogP contribution is 2.29. The highest BCUT2D eigenvalue weighted by Gasteiger charge is 2.44. The van der Waals surface area contributed by atoms with E-state index < -0.39 is 28.1 Å². The molecule has 1 aromatic carbocycles. The maximum absolute atomic E-state index is 12.6. The monoisotopic (exact) mass is 325 g/mol. The summed E-state index contributed by atoms with van der Waals surface area (Å²) in [5.74, 6) is -0.573. The molecule has 1 aromatic rings. The van der Waals surface area contributed by atoms with E-state index in [2.05, 4.69) is 6.58 Å². The number of hydrogen-bond donors (Lipinski definition) is 0. The topological polar surface area (TPSA) is 72.9 Å². The molecule has 6 nitrogen and oxygen atoms in total. The SMILES string of the molecule is C=CC1CC(C(=O)OCC)ON1S(=O)(=O)c1ccc(C)cc1. The van der Waals surface area contributed by atoms with E-state index in [1.807, 2.05) is 6.92 Å². The van der Waals surface area contributed by atoms with Gasteiger partial charge in [0.2, 0.25) is 0 Å². The Hall–Kier alpha value is -1.70. The zero-order chi connectivity index (χ0) is 16.3. The van der Waals surface area contributed by atoms with Gasteiger partial charge in [-0.2, -0.15) is 0 Å². The molecule has 120 valence electrons. The summed E-state index contributed by atoms with van der Waals surface area (Å²) in [5.41, 5.74) is 0.950. The van der Waals surface area contributed by atoms with E-state index in [1.54, 1.807) is 19.1 Å². The number of benzene rings is 1. The van der Waals surface area contributed by atoms with E-state index in [0.717, 1.165) is 10.0 Å². The Kier molecular flexibility index (Phi) is 5.00. The number of aryl methyl sites for hydroxylation is 1. The Morgan fingerprint density at radius 3 is 2.64 bits per heavy atom. The lowest BCUT2D eigenvalue weighted by Crippen LogP contribution is -2.34. The van der Waals surface area contributed by atoms with Crippen molar-refractivity contribution in [2.24, 2.45) is 0 Å². The largest absolute Gasteiger partial charge is 0.464 e. The van der Waals surface area contributed by atoms with Crippen LogP contribution in [-0.2, 0) is 24.4 Å². The molecule has 0 spiro atoms. The highest BCUT2D eigenvalue weighted by atomic mass is 32.2. The maximum Gasteiger partial charge on any atom is 0.337 e. The van der Waals surface area contributed by atoms with E-state index in [1.165, 1.54) is 18.2 Å². The second-order valence-corrected chi connectivity index (χ2v) is 6.74. The number of rotatable bonds is 5. The van der Waals surface area contributed by atoms with Crippen molar-refractivity contribution in [2.45, 2.75) is 37.3 Å². The fourth-order valence-corrected chi connectivity index (χ4v) is 3.59. The molecule has 2 unspecified atom stereocenters. The summed E-state index contributed by atoms with van der Waals surface area (Å²) in [6.07, 6.45) is 0.696. The van der Waals surface area contributed by atoms with Crippen LogP contribution in [0, 0.1) is 6.92 Å². The molecule has 0 radical (unpaired) electrons. The first kappa shape index (κ1) is 16.7. The summed E-state index contributed by atoms with van der Waals surface area (Å²) in [6.45, 7) is 7.37. The van der Waals surface area contributed by atoms with Crippen LogP contribution in [0.1, 0.15) is 18.9 Å². The zero-order valence-electron chi connectivity index (χ0n) is 12.6. The first-order valence-electron chi connectivity index (χ1n) is 6.97. The van der Waals surface area contributed by atoms with Crippen molar-refractivity contribution in [1.29, 1.82) is 0 Å². The molecule has 1 aliphatic rings. The van der Waals surface area contributed by atoms with Gasteiger partial charge in [-0.3, -0.25) is 4.84 Å². The van der Waals surface area contributed by atoms with Gasteiger partial charge in [0.05, 0.1) is 17.5 Å². The minimum Gasteiger partial charge on any atom is -0.464 e. The predicted molar refractivity (Wildman–Crippen MR) is 80.3 cm³/mol. The Morgan fingerprint density at radius 2 is 2.09 bits per heavy atom. The fourth-order valence-electron chi connectivity index (χ4n) is 2.16. The Morgan fingerprint density at radius 1 is 1.45 bits per heavy atom. The number of sulfonamides is 1. The third-order valence-corrected chi connectivity index (χ3v) is 5.03. The average Bonchev–Trinajstić information content (AvgIpc) is 2.93. The van der Waals surface area contributed by atoms with Crippen LogP contribution in [0.25, 0.3) is 0 Å². The van der Waals surface area contributed by atoms with E-state index in [0.29, 0.717) is 0 Å². The summed E-state index contributed by atoms with van der Waals surface area (Å²) < 4.78 is 31.0. The first-order chi connectivity index (χ1) is 10.4. The van der Waals surface area contributed by atoms with Crippen LogP contribution in [0.15, 0.2) is 41.8 Å². The third-order valence-electron chi connectivity index (χ3n) is 3.33. The Balaban J connectivity index is 2.27. The number of ether oxygens (including phenoxy) is 1. The van der Waals surface area contributed by atoms with Crippen LogP contribution in [0.3, 0.4) is 0 Å². The Bertz CT molecular complexity index is 653. The van der Waals surface area contributed by atoms with Crippen molar-refractivity contribution in [2.75, 3.05) is 6.61 Å². The number of hydrogen-bond acceptors (Lipinski definition) is 5. The maximum atomic E-state index is 12.6. The van der Waals surface area contributed by atoms with E-state index >= 15 is 0 Å². The number of nitrogens with zero attached hydrogens (tertiary/aromatic N) is 1. The lowest BCUT2D eigenvalue weighted by atomic mass is 10.1. The molecule has 1 aliphatic heterocycles. The summed E-state index contributed by atoms with van der Waals surface area (Å²) in [6, 6.07) is 5.81. The second-order valence-electron chi connectivity index (χ2n) is 4.96. The lowest BCUT2D eigenvalue weighted by molar-refractivity contribution is -0.166. The van der Waals surface area contributed by atoms with Gasteiger partial charge in [-0.15, -0.1) is 6.58 Å². The van der Waals surface area contributed by atoms with Crippen molar-refractivity contribution < 1.29 is 22.8 Å². The lowest BCUT2D eigenvalue weighted by Gasteiger charge is -2.19. The molecular formula is C15H19NO5S. The van der Waals surface area contributed by atoms with Crippen LogP contribution in [0.5, 0.6) is 0 Å². The molecule has 0 aromatic heterocycles. The Labute approximate surface area is 130 Å². The fraction of sp³-hybridized carbons (Fsp3) is 0.400. The number of carbonyl (C=O) groups is 1. The molecule has 0 bridgehead atoms. The normalized spacial score (nSPS) is 22.5. The minimum absolute atomic E-state index is 0.106. The van der Waals surface area contributed by atoms with Gasteiger partial charge in [-0.1, -0.05) is 28.2 Å². The van der Waals surface area contributed by atoms with Crippen LogP contribution in [-0.4, -0.2) is 37.6 Å². The van der Waals surface area contributed by atoms with Gasteiger partial charge >= 0.3 is 5.97 Å². The highest BCUT2D eigenvalue weighted by molar-refractivity contribution is 7.89. The smallest absolute Gasteiger partial charge is 0.337 e. The molecule has 1 saturated heterocycles. The van der Waals surface area contributed by atoms with Gasteiger partial charge in [0, 0.05) is 6.42 Å². The van der Waals surface area contributed by atoms with Crippen molar-refractivity contribution in [1.82, 2.24) is 4.47 Å². The van der Waals surface area contributed by atoms with Crippen molar-refractivity contribution >= 4 is 16.0 Å². The summed E-state index contributed by atoms with van der Waals surface area (Å²) in [7, 11) is -3.87. The molecule has 1 heterocycles. The van der Waals surface area contributed by atoms with Crippen LogP contribution in [0.2, 0.25) is 0 Å². The van der Waals surface area contributed by atoms with Gasteiger partial charge < -0.3 is 4.74 Å². The molecular weight excluding hydrogens is 306 g/mol. The van der Waals surface area contributed by atoms with E-state index in [4.69, 9.17) is 9.57 Å². The van der Waals surface area contributed by atoms with Crippen LogP contribution < -0.4 is 0 Å². The van der Waals surface area contributed by atoms with Gasteiger partial charge in [0.15, 0.2) is 6.10 Å². The molecule has 22 heavy (non-hydrogen) atoms. The molecule has 2 rings (SSSR count). The second kappa shape index (κ2) is 6.60. The summed E-state index contributed by atoms with van der Waals surface area (Å²) in [4.78, 5) is 17.2. The number of carbonyl (C=O) groups excluding carboxylic acids is 1. The van der Waals surface area contributed by atoms with E-state index in [9.17, 15) is 13.2 Å². The van der Waals surface area contributed by atoms with Gasteiger partial charge in [0.1, 0.15) is 0 Å². The van der Waals surface area contributed by atoms with Crippen LogP contribution >= 0.6 is 0 Å². The van der Waals surface area contributed by atoms with Gasteiger partial charge in [-0.25, -0.2) is 13.2 Å². The average molecular weight is 325 g/mol. The minimum atomic E-state index is -3.87. The van der Waals surface area contributed by atoms with Crippen LogP contribution in [0.4, 0.5) is 0 Å². The standard InChI is InChI=1S/C15H19NO5S/c1-4-12-10-14(15(17)20-5-2)21-16(12)22(18,19)13-8-6-11(3)7-9-13/h4,6-9,12,14H,1,5,10H2,2-3H3. The third kappa shape index (κ3) is 3.21. The zero-order valence-corrected chi connectivity index (χ0v) is 13.4. The van der Waals surface area contributed by atoms with Crippen molar-refractivity contribution in [3.63, 3.8) is 0 Å². The van der Waals surface area contributed by atoms with Gasteiger partial charge in [0.25, 0.3) is 10.0 Å². The molecule has 0 N–H and O–H groups in total. The van der Waals surface area contributed by atoms with Gasteiger partial charge in [-0.05, 0) is 26.0 Å². The predicted octanol–water partition coefficient (Wildman–Crippen LogP) is 1.81. The summed E-state index contributed by atoms with van der Waals surface area (Å²) in [5, 5.41) is 0. The van der Waals surface area contributed by atoms with Crippen molar-refractivity contribution in [3.05, 3.63) is 42.5 Å². The molecule has 0 amide bonds. The molecule has 0 aliphatic carbocycles. The number of hydroxylamine groups is 1. The molecule has 7 heteroatoms. The van der Waals surface area contributed by atoms with Crippen molar-refractivity contribution in [3.8, 4) is 0 Å². The molecule has 2 atom stereocenters. The number of esters is 1. The summed E-state index contributed by atoms with van der Waals surface area (Å²) >= 11 is 0. The quantitative estimate of drug-likeness (QED) is 0.610. The first-order valence-corrected chi connectivity index (χ1v) is 8.41. The van der Waals surface area contributed by atoms with E-state index in [-0.39, 0.29) is 17.9 Å². The molecule has 1 fully saturated rings.